The van der Waals surface area contributed by atoms with Crippen LogP contribution >= 0.6 is 0 Å². The molecule has 0 saturated heterocycles. The third-order valence-electron chi connectivity index (χ3n) is 8.79. The topological polar surface area (TPSA) is 63.6 Å². The molecule has 1 unspecified atom stereocenters. The molecule has 0 aromatic rings. The van der Waals surface area contributed by atoms with Crippen LogP contribution in [0.1, 0.15) is 60.3 Å². The largest absolute Gasteiger partial charge is 0.650 e. The Morgan fingerprint density at radius 1 is 1.25 bits per heavy atom. The van der Waals surface area contributed by atoms with Crippen LogP contribution < -0.4 is 0 Å². The van der Waals surface area contributed by atoms with Gasteiger partial charge in [-0.1, -0.05) is 47.2 Å². The van der Waals surface area contributed by atoms with E-state index in [9.17, 15) is 14.7 Å². The molecule has 3 rings (SSSR count). The molecule has 3 aliphatic carbocycles. The molecule has 3 aliphatic rings. The van der Waals surface area contributed by atoms with Gasteiger partial charge in [-0.25, -0.2) is 0 Å². The van der Waals surface area contributed by atoms with Gasteiger partial charge < -0.3 is 22.1 Å². The SMILES string of the molecule is C=C[C@]1(C)C[C@@H](O[C-]=O)[C@]2(C)[C@H](C)CC[C@]3(CC(C)C(=O)[C@H]32)[C@@H](C)[C@@H]1O.[CH3-].[Y]. The van der Waals surface area contributed by atoms with Crippen LogP contribution in [0.2, 0.25) is 0 Å². The first-order valence-electron chi connectivity index (χ1n) is 9.96. The van der Waals surface area contributed by atoms with Crippen molar-refractivity contribution in [3.05, 3.63) is 20.1 Å². The number of carbonyl (C=O) groups is 1. The molecule has 3 saturated carbocycles. The predicted molar refractivity (Wildman–Crippen MR) is 106 cm³/mol. The molecule has 0 spiro atoms. The number of rotatable bonds is 3. The molecular weight excluding hydrogens is 429 g/mol. The summed E-state index contributed by atoms with van der Waals surface area (Å²) in [5.41, 5.74) is -1.27. The Hall–Kier alpha value is -0.0561. The van der Waals surface area contributed by atoms with Crippen molar-refractivity contribution in [2.75, 3.05) is 0 Å². The molecule has 1 radical (unpaired) electrons. The van der Waals surface area contributed by atoms with Crippen LogP contribution in [-0.2, 0) is 47.0 Å². The molecule has 0 aromatic carbocycles. The zero-order chi connectivity index (χ0) is 19.5. The molecule has 0 aromatic heterocycles. The Morgan fingerprint density at radius 2 is 1.86 bits per heavy atom. The molecule has 5 heteroatoms. The van der Waals surface area contributed by atoms with Crippen molar-refractivity contribution in [2.24, 2.45) is 39.9 Å². The molecule has 1 N–H and O–H groups in total. The Bertz CT molecular complexity index is 622. The number of aliphatic hydroxyl groups is 1. The summed E-state index contributed by atoms with van der Waals surface area (Å²) >= 11 is 0. The summed E-state index contributed by atoms with van der Waals surface area (Å²) in [5, 5.41) is 11.3. The Morgan fingerprint density at radius 3 is 2.39 bits per heavy atom. The smallest absolute Gasteiger partial charge is 0.140 e. The van der Waals surface area contributed by atoms with Gasteiger partial charge in [0.15, 0.2) is 0 Å². The normalized spacial score (nSPS) is 50.1. The van der Waals surface area contributed by atoms with Gasteiger partial charge in [0, 0.05) is 55.4 Å². The third kappa shape index (κ3) is 3.30. The van der Waals surface area contributed by atoms with Crippen molar-refractivity contribution in [3.63, 3.8) is 0 Å². The summed E-state index contributed by atoms with van der Waals surface area (Å²) in [7, 11) is 0. The van der Waals surface area contributed by atoms with Crippen LogP contribution in [0.5, 0.6) is 0 Å². The molecule has 157 valence electrons. The van der Waals surface area contributed by atoms with Crippen LogP contribution in [-0.4, -0.2) is 29.6 Å². The maximum Gasteiger partial charge on any atom is 0.140 e. The first-order chi connectivity index (χ1) is 12.1. The molecule has 0 heterocycles. The van der Waals surface area contributed by atoms with Crippen molar-refractivity contribution in [3.8, 4) is 0 Å². The molecule has 9 atom stereocenters. The minimum Gasteiger partial charge on any atom is -0.650 e. The van der Waals surface area contributed by atoms with E-state index in [1.807, 2.05) is 13.8 Å². The van der Waals surface area contributed by atoms with Crippen LogP contribution in [0.4, 0.5) is 0 Å². The first kappa shape index (κ1) is 26.0. The van der Waals surface area contributed by atoms with Crippen LogP contribution in [0.15, 0.2) is 12.7 Å². The van der Waals surface area contributed by atoms with Crippen molar-refractivity contribution < 1.29 is 52.1 Å². The van der Waals surface area contributed by atoms with Crippen LogP contribution in [0, 0.1) is 47.3 Å². The summed E-state index contributed by atoms with van der Waals surface area (Å²) in [6, 6.07) is 0. The number of hydrogen-bond donors (Lipinski definition) is 1. The summed E-state index contributed by atoms with van der Waals surface area (Å²) in [5.74, 6) is 0.307. The van der Waals surface area contributed by atoms with Gasteiger partial charge in [-0.15, -0.1) is 6.58 Å². The Kier molecular flexibility index (Phi) is 7.97. The predicted octanol–water partition coefficient (Wildman–Crippen LogP) is 4.13. The number of carbonyl (C=O) groups excluding carboxylic acids is 2. The molecule has 0 aliphatic heterocycles. The van der Waals surface area contributed by atoms with Gasteiger partial charge >= 0.3 is 0 Å². The van der Waals surface area contributed by atoms with E-state index in [2.05, 4.69) is 27.4 Å². The maximum absolute atomic E-state index is 13.3. The van der Waals surface area contributed by atoms with Crippen molar-refractivity contribution in [2.45, 2.75) is 72.5 Å². The summed E-state index contributed by atoms with van der Waals surface area (Å²) < 4.78 is 5.53. The van der Waals surface area contributed by atoms with Gasteiger partial charge in [-0.05, 0) is 42.9 Å². The summed E-state index contributed by atoms with van der Waals surface area (Å²) in [6.07, 6.45) is 3.90. The number of ether oxygens (including phenoxy) is 1. The van der Waals surface area contributed by atoms with Gasteiger partial charge in [0.2, 0.25) is 0 Å². The maximum atomic E-state index is 13.3. The minimum atomic E-state index is -0.628. The van der Waals surface area contributed by atoms with Crippen molar-refractivity contribution in [1.82, 2.24) is 0 Å². The Balaban J connectivity index is 0.00000196. The van der Waals surface area contributed by atoms with Gasteiger partial charge in [-0.2, -0.15) is 0 Å². The van der Waals surface area contributed by atoms with E-state index in [0.717, 1.165) is 19.3 Å². The van der Waals surface area contributed by atoms with E-state index < -0.39 is 23.0 Å². The molecule has 3 fully saturated rings. The third-order valence-corrected chi connectivity index (χ3v) is 8.79. The van der Waals surface area contributed by atoms with Gasteiger partial charge in [0.1, 0.15) is 5.78 Å². The zero-order valence-corrected chi connectivity index (χ0v) is 21.2. The van der Waals surface area contributed by atoms with E-state index >= 15 is 0 Å². The van der Waals surface area contributed by atoms with Crippen LogP contribution in [0.25, 0.3) is 0 Å². The fraction of sp³-hybridized carbons (Fsp3) is 0.783. The van der Waals surface area contributed by atoms with Crippen molar-refractivity contribution in [1.29, 1.82) is 0 Å². The second-order valence-corrected chi connectivity index (χ2v) is 9.82. The standard InChI is InChI=1S/C22H33O4.CH3.Y/c1-7-20(5)11-16(26-12-23)21(6)14(3)8-9-22(15(4)19(20)25)10-13(2)17(24)18(21)22;;/h7,13-16,18-19,25H,1,8-11H2,2-6H3;1H3;/q2*-1;/t13?,14-,15+,16-,18+,19+,20-,21+,22+;;/m1../s1. The summed E-state index contributed by atoms with van der Waals surface area (Å²) in [6.45, 7) is 16.0. The minimum absolute atomic E-state index is 0. The molecule has 4 nitrogen and oxygen atoms in total. The average molecular weight is 465 g/mol. The first-order valence-corrected chi connectivity index (χ1v) is 9.96. The number of hydrogen-bond acceptors (Lipinski definition) is 4. The quantitative estimate of drug-likeness (QED) is 0.503. The van der Waals surface area contributed by atoms with Crippen molar-refractivity contribution >= 4 is 12.3 Å². The number of ketones is 1. The van der Waals surface area contributed by atoms with Gasteiger partial charge in [-0.3, -0.25) is 4.79 Å². The Labute approximate surface area is 196 Å². The summed E-state index contributed by atoms with van der Waals surface area (Å²) in [4.78, 5) is 24.6. The van der Waals surface area contributed by atoms with Crippen LogP contribution in [0.3, 0.4) is 0 Å². The number of Topliss-reactive ketones (excluding diaryl/α,β-unsaturated/α-hetero) is 1. The molecule has 0 amide bonds. The van der Waals surface area contributed by atoms with E-state index in [1.54, 1.807) is 12.5 Å². The average Bonchev–Trinajstić information content (AvgIpc) is 2.88. The van der Waals surface area contributed by atoms with E-state index in [0.29, 0.717) is 6.42 Å². The molecular formula is C23H36O4Y-2. The van der Waals surface area contributed by atoms with E-state index in [1.165, 1.54) is 0 Å². The van der Waals surface area contributed by atoms with E-state index in [4.69, 9.17) is 4.74 Å². The van der Waals surface area contributed by atoms with Gasteiger partial charge in [0.25, 0.3) is 0 Å². The zero-order valence-electron chi connectivity index (χ0n) is 18.3. The fourth-order valence-corrected chi connectivity index (χ4v) is 6.85. The fourth-order valence-electron chi connectivity index (χ4n) is 6.85. The number of aliphatic hydroxyl groups excluding tert-OH is 1. The second-order valence-electron chi connectivity index (χ2n) is 9.82. The van der Waals surface area contributed by atoms with E-state index in [-0.39, 0.29) is 75.0 Å². The second kappa shape index (κ2) is 8.59. The molecule has 28 heavy (non-hydrogen) atoms. The molecule has 2 bridgehead atoms. The monoisotopic (exact) mass is 465 g/mol. The van der Waals surface area contributed by atoms with Gasteiger partial charge in [0.05, 0.1) is 12.2 Å².